The Kier molecular flexibility index (Phi) is 6.65. The summed E-state index contributed by atoms with van der Waals surface area (Å²) in [5, 5.41) is 0. The highest BCUT2D eigenvalue weighted by molar-refractivity contribution is 5.84. The van der Waals surface area contributed by atoms with Crippen molar-refractivity contribution in [3.8, 4) is 22.3 Å². The predicted octanol–water partition coefficient (Wildman–Crippen LogP) is 10.6. The van der Waals surface area contributed by atoms with Gasteiger partial charge in [-0.3, -0.25) is 0 Å². The second-order valence-corrected chi connectivity index (χ2v) is 10.6. The summed E-state index contributed by atoms with van der Waals surface area (Å²) in [4.78, 5) is 0. The van der Waals surface area contributed by atoms with Gasteiger partial charge in [0.1, 0.15) is 0 Å². The predicted molar refractivity (Wildman–Crippen MR) is 169 cm³/mol. The minimum atomic E-state index is 0.110. The Hall–Kier alpha value is -4.38. The molecule has 6 rings (SSSR count). The molecule has 0 aromatic heterocycles. The van der Waals surface area contributed by atoms with E-state index < -0.39 is 0 Å². The van der Waals surface area contributed by atoms with E-state index in [1.807, 2.05) is 18.2 Å². The van der Waals surface area contributed by atoms with E-state index in [1.54, 1.807) is 0 Å². The molecule has 0 heterocycles. The minimum absolute atomic E-state index is 0.110. The van der Waals surface area contributed by atoms with Crippen molar-refractivity contribution in [2.24, 2.45) is 0 Å². The van der Waals surface area contributed by atoms with E-state index in [1.165, 1.54) is 61.2 Å². The molecule has 0 atom stereocenters. The lowest BCUT2D eigenvalue weighted by molar-refractivity contribution is 0.490. The fourth-order valence-corrected chi connectivity index (χ4v) is 6.32. The van der Waals surface area contributed by atoms with E-state index in [0.29, 0.717) is 0 Å². The molecule has 0 N–H and O–H groups in total. The Morgan fingerprint density at radius 1 is 0.667 bits per heavy atom. The van der Waals surface area contributed by atoms with Crippen molar-refractivity contribution in [3.63, 3.8) is 0 Å². The van der Waals surface area contributed by atoms with Crippen LogP contribution in [0.2, 0.25) is 0 Å². The van der Waals surface area contributed by atoms with Crippen molar-refractivity contribution in [1.29, 1.82) is 0 Å². The van der Waals surface area contributed by atoms with E-state index in [-0.39, 0.29) is 5.41 Å². The van der Waals surface area contributed by atoms with Gasteiger partial charge in [0.2, 0.25) is 0 Å². The highest BCUT2D eigenvalue weighted by Gasteiger charge is 2.40. The molecule has 0 amide bonds. The second kappa shape index (κ2) is 10.4. The van der Waals surface area contributed by atoms with E-state index in [4.69, 9.17) is 0 Å². The lowest BCUT2D eigenvalue weighted by Gasteiger charge is -2.29. The molecule has 0 nitrogen and oxygen atoms in total. The minimum Gasteiger partial charge on any atom is -0.121 e. The van der Waals surface area contributed by atoms with Crippen molar-refractivity contribution in [1.82, 2.24) is 0 Å². The topological polar surface area (TPSA) is 0 Å². The summed E-state index contributed by atoms with van der Waals surface area (Å²) in [7, 11) is 0. The summed E-state index contributed by atoms with van der Waals surface area (Å²) >= 11 is 0. The van der Waals surface area contributed by atoms with E-state index >= 15 is 0 Å². The zero-order chi connectivity index (χ0) is 26.8. The van der Waals surface area contributed by atoms with Crippen LogP contribution in [0.15, 0.2) is 121 Å². The SMILES string of the molecule is CCC1(CC)c2ccccc2-c2ccc(/C=C/c3ccc(-c4cc(C5=CC=C=CC=C5)ccc4C)cc3)cc21. The lowest BCUT2D eigenvalue weighted by atomic mass is 9.73. The molecule has 0 saturated carbocycles. The van der Waals surface area contributed by atoms with E-state index in [0.717, 1.165) is 12.8 Å². The third kappa shape index (κ3) is 4.48. The van der Waals surface area contributed by atoms with Crippen molar-refractivity contribution >= 4 is 17.7 Å². The Bertz CT molecular complexity index is 1690. The number of rotatable bonds is 6. The van der Waals surface area contributed by atoms with Gasteiger partial charge in [-0.25, -0.2) is 0 Å². The van der Waals surface area contributed by atoms with Gasteiger partial charge < -0.3 is 0 Å². The summed E-state index contributed by atoms with van der Waals surface area (Å²) < 4.78 is 0. The number of hydrogen-bond donors (Lipinski definition) is 0. The van der Waals surface area contributed by atoms with Gasteiger partial charge in [0, 0.05) is 5.41 Å². The molecule has 2 aliphatic rings. The van der Waals surface area contributed by atoms with Crippen molar-refractivity contribution in [3.05, 3.63) is 154 Å². The van der Waals surface area contributed by atoms with Crippen molar-refractivity contribution in [2.75, 3.05) is 0 Å². The average Bonchev–Trinajstić information content (AvgIpc) is 3.10. The summed E-state index contributed by atoms with van der Waals surface area (Å²) in [5.74, 6) is 0. The number of allylic oxidation sites excluding steroid dienone is 5. The third-order valence-corrected chi connectivity index (χ3v) is 8.59. The third-order valence-electron chi connectivity index (χ3n) is 8.59. The van der Waals surface area contributed by atoms with Gasteiger partial charge >= 0.3 is 0 Å². The normalized spacial score (nSPS) is 14.8. The molecule has 190 valence electrons. The Labute approximate surface area is 233 Å². The van der Waals surface area contributed by atoms with Crippen molar-refractivity contribution in [2.45, 2.75) is 39.0 Å². The monoisotopic (exact) mass is 502 g/mol. The zero-order valence-electron chi connectivity index (χ0n) is 23.0. The lowest BCUT2D eigenvalue weighted by Crippen LogP contribution is -2.23. The average molecular weight is 503 g/mol. The molecule has 0 heteroatoms. The molecule has 0 unspecified atom stereocenters. The summed E-state index contributed by atoms with van der Waals surface area (Å²) in [6.45, 7) is 6.84. The fourth-order valence-electron chi connectivity index (χ4n) is 6.32. The first-order valence-electron chi connectivity index (χ1n) is 14.1. The molecular weight excluding hydrogens is 468 g/mol. The van der Waals surface area contributed by atoms with Gasteiger partial charge in [-0.1, -0.05) is 117 Å². The van der Waals surface area contributed by atoms with Crippen LogP contribution in [0.25, 0.3) is 40.0 Å². The van der Waals surface area contributed by atoms with Gasteiger partial charge in [0.05, 0.1) is 0 Å². The maximum atomic E-state index is 3.14. The molecule has 4 aromatic carbocycles. The molecule has 39 heavy (non-hydrogen) atoms. The van der Waals surface area contributed by atoms with Gasteiger partial charge in [-0.2, -0.15) is 0 Å². The summed E-state index contributed by atoms with van der Waals surface area (Å²) in [5.41, 5.74) is 17.7. The maximum Gasteiger partial charge on any atom is 0.0210 e. The van der Waals surface area contributed by atoms with E-state index in [9.17, 15) is 0 Å². The molecule has 4 aromatic rings. The summed E-state index contributed by atoms with van der Waals surface area (Å²) in [6, 6.07) is 31.6. The first-order chi connectivity index (χ1) is 19.1. The van der Waals surface area contributed by atoms with Crippen LogP contribution in [-0.4, -0.2) is 0 Å². The quantitative estimate of drug-likeness (QED) is 0.182. The molecule has 0 radical (unpaired) electrons. The van der Waals surface area contributed by atoms with Crippen molar-refractivity contribution < 1.29 is 0 Å². The first-order valence-corrected chi connectivity index (χ1v) is 14.1. The van der Waals surface area contributed by atoms with Crippen LogP contribution in [0.4, 0.5) is 0 Å². The molecule has 0 saturated heterocycles. The van der Waals surface area contributed by atoms with Gasteiger partial charge in [0.15, 0.2) is 0 Å². The number of fused-ring (bicyclic) bond motifs is 3. The van der Waals surface area contributed by atoms with E-state index in [2.05, 4.69) is 136 Å². The van der Waals surface area contributed by atoms with Crippen LogP contribution in [-0.2, 0) is 5.41 Å². The number of benzene rings is 4. The maximum absolute atomic E-state index is 3.14. The molecule has 0 fully saturated rings. The Balaban J connectivity index is 1.27. The highest BCUT2D eigenvalue weighted by atomic mass is 14.4. The smallest absolute Gasteiger partial charge is 0.0210 e. The number of hydrogen-bond acceptors (Lipinski definition) is 0. The van der Waals surface area contributed by atoms with Gasteiger partial charge in [0.25, 0.3) is 0 Å². The molecule has 0 aliphatic heterocycles. The number of aryl methyl sites for hydroxylation is 1. The molecule has 0 spiro atoms. The molecular formula is C39H34. The van der Waals surface area contributed by atoms with Gasteiger partial charge in [-0.05, 0) is 105 Å². The van der Waals surface area contributed by atoms with Crippen LogP contribution >= 0.6 is 0 Å². The zero-order valence-corrected chi connectivity index (χ0v) is 23.0. The molecule has 0 bridgehead atoms. The summed E-state index contributed by atoms with van der Waals surface area (Å²) in [6.07, 6.45) is 16.9. The largest absolute Gasteiger partial charge is 0.121 e. The van der Waals surface area contributed by atoms with Crippen LogP contribution < -0.4 is 0 Å². The van der Waals surface area contributed by atoms with Gasteiger partial charge in [-0.15, -0.1) is 5.73 Å². The van der Waals surface area contributed by atoms with Crippen LogP contribution in [0.5, 0.6) is 0 Å². The van der Waals surface area contributed by atoms with Crippen LogP contribution in [0.1, 0.15) is 60.1 Å². The fraction of sp³-hybridized carbons (Fsp3) is 0.154. The first kappa shape index (κ1) is 24.9. The second-order valence-electron chi connectivity index (χ2n) is 10.6. The molecule has 2 aliphatic carbocycles. The highest BCUT2D eigenvalue weighted by Crippen LogP contribution is 2.52. The Morgan fingerprint density at radius 3 is 2.21 bits per heavy atom. The Morgan fingerprint density at radius 2 is 1.38 bits per heavy atom. The van der Waals surface area contributed by atoms with Crippen LogP contribution in [0, 0.1) is 6.92 Å². The standard InChI is InChI=1S/C39H34/c1-4-39(5-2)37-15-11-10-14-34(37)35-25-21-30(26-38(35)39)18-17-29-19-23-32(24-20-29)36-27-33(22-16-28(36)3)31-12-8-6-7-9-13-31/h6,8-27H,4-5H2,1-3H3/b18-17+. The van der Waals surface area contributed by atoms with Crippen LogP contribution in [0.3, 0.4) is 0 Å².